The lowest BCUT2D eigenvalue weighted by molar-refractivity contribution is -0.148. The molecule has 0 aromatic rings. The molecule has 1 rings (SSSR count). The third-order valence-corrected chi connectivity index (χ3v) is 3.41. The topological polar surface area (TPSA) is 75.6 Å². The van der Waals surface area contributed by atoms with Crippen LogP contribution in [0.25, 0.3) is 0 Å². The summed E-state index contributed by atoms with van der Waals surface area (Å²) in [5.74, 6) is -1.06. The SMILES string of the molecule is C[C@@H]1CCCC[C@@]1(NC(=O)OC(C)(C)C)C(=O)O. The quantitative estimate of drug-likeness (QED) is 0.797. The molecule has 0 aliphatic heterocycles. The molecule has 2 N–H and O–H groups in total. The monoisotopic (exact) mass is 257 g/mol. The van der Waals surface area contributed by atoms with Gasteiger partial charge in [0.1, 0.15) is 11.1 Å². The Bertz CT molecular complexity index is 334. The molecule has 1 fully saturated rings. The molecule has 18 heavy (non-hydrogen) atoms. The van der Waals surface area contributed by atoms with Gasteiger partial charge >= 0.3 is 12.1 Å². The second kappa shape index (κ2) is 5.16. The van der Waals surface area contributed by atoms with Crippen LogP contribution in [0.15, 0.2) is 0 Å². The lowest BCUT2D eigenvalue weighted by Crippen LogP contribution is -2.60. The van der Waals surface area contributed by atoms with Gasteiger partial charge in [-0.05, 0) is 39.5 Å². The lowest BCUT2D eigenvalue weighted by atomic mass is 9.73. The Morgan fingerprint density at radius 3 is 2.39 bits per heavy atom. The third-order valence-electron chi connectivity index (χ3n) is 3.41. The third kappa shape index (κ3) is 3.37. The number of carboxylic acid groups (broad SMARTS) is 1. The summed E-state index contributed by atoms with van der Waals surface area (Å²) in [5, 5.41) is 12.0. The number of carbonyl (C=O) groups excluding carboxylic acids is 1. The highest BCUT2D eigenvalue weighted by Crippen LogP contribution is 2.34. The van der Waals surface area contributed by atoms with Gasteiger partial charge in [0.2, 0.25) is 0 Å². The van der Waals surface area contributed by atoms with E-state index in [-0.39, 0.29) is 5.92 Å². The first kappa shape index (κ1) is 14.8. The summed E-state index contributed by atoms with van der Waals surface area (Å²) in [6.45, 7) is 7.13. The molecular weight excluding hydrogens is 234 g/mol. The molecular formula is C13H23NO4. The number of rotatable bonds is 2. The highest BCUT2D eigenvalue weighted by atomic mass is 16.6. The van der Waals surface area contributed by atoms with Crippen LogP contribution >= 0.6 is 0 Å². The van der Waals surface area contributed by atoms with Gasteiger partial charge in [-0.3, -0.25) is 0 Å². The Labute approximate surface area is 108 Å². The summed E-state index contributed by atoms with van der Waals surface area (Å²) in [6.07, 6.45) is 2.43. The number of carbonyl (C=O) groups is 2. The summed E-state index contributed by atoms with van der Waals surface area (Å²) in [7, 11) is 0. The second-order valence-electron chi connectivity index (χ2n) is 6.05. The average molecular weight is 257 g/mol. The standard InChI is InChI=1S/C13H23NO4/c1-9-7-5-6-8-13(9,10(15)16)14-11(17)18-12(2,3)4/h9H,5-8H2,1-4H3,(H,14,17)(H,15,16)/t9-,13+/m1/s1. The molecule has 0 aromatic carbocycles. The largest absolute Gasteiger partial charge is 0.479 e. The number of amides is 1. The minimum atomic E-state index is -1.18. The first-order valence-electron chi connectivity index (χ1n) is 6.42. The molecule has 5 heteroatoms. The van der Waals surface area contributed by atoms with Gasteiger partial charge < -0.3 is 15.2 Å². The molecule has 1 amide bonds. The molecule has 0 unspecified atom stereocenters. The molecule has 0 aromatic heterocycles. The van der Waals surface area contributed by atoms with Crippen LogP contribution in [0.4, 0.5) is 4.79 Å². The maximum absolute atomic E-state index is 11.8. The molecule has 5 nitrogen and oxygen atoms in total. The fraction of sp³-hybridized carbons (Fsp3) is 0.846. The lowest BCUT2D eigenvalue weighted by Gasteiger charge is -2.39. The zero-order valence-electron chi connectivity index (χ0n) is 11.6. The van der Waals surface area contributed by atoms with Crippen molar-refractivity contribution in [2.24, 2.45) is 5.92 Å². The van der Waals surface area contributed by atoms with Crippen molar-refractivity contribution in [2.75, 3.05) is 0 Å². The van der Waals surface area contributed by atoms with Gasteiger partial charge in [-0.25, -0.2) is 9.59 Å². The Hall–Kier alpha value is -1.26. The van der Waals surface area contributed by atoms with E-state index in [0.29, 0.717) is 6.42 Å². The van der Waals surface area contributed by atoms with E-state index in [2.05, 4.69) is 5.32 Å². The zero-order chi connectivity index (χ0) is 14.0. The highest BCUT2D eigenvalue weighted by molar-refractivity contribution is 5.85. The van der Waals surface area contributed by atoms with Gasteiger partial charge in [0.15, 0.2) is 0 Å². The number of aliphatic carboxylic acids is 1. The first-order chi connectivity index (χ1) is 8.17. The predicted octanol–water partition coefficient (Wildman–Crippen LogP) is 2.54. The average Bonchev–Trinajstić information content (AvgIpc) is 2.18. The van der Waals surface area contributed by atoms with E-state index in [9.17, 15) is 14.7 Å². The number of carboxylic acids is 1. The van der Waals surface area contributed by atoms with E-state index in [4.69, 9.17) is 4.74 Å². The molecule has 1 aliphatic carbocycles. The van der Waals surface area contributed by atoms with Crippen LogP contribution in [-0.4, -0.2) is 28.3 Å². The Morgan fingerprint density at radius 2 is 1.94 bits per heavy atom. The molecule has 0 saturated heterocycles. The fourth-order valence-corrected chi connectivity index (χ4v) is 2.39. The van der Waals surface area contributed by atoms with E-state index in [1.807, 2.05) is 6.92 Å². The van der Waals surface area contributed by atoms with E-state index >= 15 is 0 Å². The minimum Gasteiger partial charge on any atom is -0.479 e. The number of nitrogens with one attached hydrogen (secondary N) is 1. The van der Waals surface area contributed by atoms with Crippen LogP contribution in [0.1, 0.15) is 53.4 Å². The summed E-state index contributed by atoms with van der Waals surface area (Å²) < 4.78 is 5.15. The van der Waals surface area contributed by atoms with Gasteiger partial charge in [-0.15, -0.1) is 0 Å². The summed E-state index contributed by atoms with van der Waals surface area (Å²) in [4.78, 5) is 23.3. The van der Waals surface area contributed by atoms with Gasteiger partial charge in [0.05, 0.1) is 0 Å². The first-order valence-corrected chi connectivity index (χ1v) is 6.42. The normalized spacial score (nSPS) is 28.6. The van der Waals surface area contributed by atoms with Crippen molar-refractivity contribution in [3.63, 3.8) is 0 Å². The van der Waals surface area contributed by atoms with Crippen molar-refractivity contribution in [2.45, 2.75) is 64.5 Å². The van der Waals surface area contributed by atoms with Crippen LogP contribution < -0.4 is 5.32 Å². The highest BCUT2D eigenvalue weighted by Gasteiger charge is 2.47. The van der Waals surface area contributed by atoms with Crippen LogP contribution in [-0.2, 0) is 9.53 Å². The van der Waals surface area contributed by atoms with Crippen molar-refractivity contribution in [3.05, 3.63) is 0 Å². The van der Waals surface area contributed by atoms with Crippen LogP contribution in [0, 0.1) is 5.92 Å². The zero-order valence-corrected chi connectivity index (χ0v) is 11.6. The van der Waals surface area contributed by atoms with Gasteiger partial charge in [-0.2, -0.15) is 0 Å². The maximum Gasteiger partial charge on any atom is 0.408 e. The number of ether oxygens (including phenoxy) is 1. The van der Waals surface area contributed by atoms with E-state index in [1.165, 1.54) is 0 Å². The predicted molar refractivity (Wildman–Crippen MR) is 67.4 cm³/mol. The smallest absolute Gasteiger partial charge is 0.408 e. The Balaban J connectivity index is 2.80. The second-order valence-corrected chi connectivity index (χ2v) is 6.05. The molecule has 0 radical (unpaired) electrons. The van der Waals surface area contributed by atoms with Crippen LogP contribution in [0.5, 0.6) is 0 Å². The molecule has 0 heterocycles. The van der Waals surface area contributed by atoms with Gasteiger partial charge in [0.25, 0.3) is 0 Å². The van der Waals surface area contributed by atoms with Crippen LogP contribution in [0.3, 0.4) is 0 Å². The van der Waals surface area contributed by atoms with Crippen molar-refractivity contribution in [1.82, 2.24) is 5.32 Å². The van der Waals surface area contributed by atoms with Crippen molar-refractivity contribution in [3.8, 4) is 0 Å². The van der Waals surface area contributed by atoms with E-state index in [0.717, 1.165) is 19.3 Å². The van der Waals surface area contributed by atoms with Crippen molar-refractivity contribution in [1.29, 1.82) is 0 Å². The van der Waals surface area contributed by atoms with Crippen molar-refractivity contribution < 1.29 is 19.4 Å². The van der Waals surface area contributed by atoms with Crippen molar-refractivity contribution >= 4 is 12.1 Å². The Kier molecular flexibility index (Phi) is 4.24. The molecule has 2 atom stereocenters. The summed E-state index contributed by atoms with van der Waals surface area (Å²) in [5.41, 5.74) is -1.80. The molecule has 0 bridgehead atoms. The van der Waals surface area contributed by atoms with Crippen LogP contribution in [0.2, 0.25) is 0 Å². The molecule has 1 aliphatic rings. The molecule has 0 spiro atoms. The number of alkyl carbamates (subject to hydrolysis) is 1. The summed E-state index contributed by atoms with van der Waals surface area (Å²) >= 11 is 0. The maximum atomic E-state index is 11.8. The summed E-state index contributed by atoms with van der Waals surface area (Å²) in [6, 6.07) is 0. The number of hydrogen-bond acceptors (Lipinski definition) is 3. The van der Waals surface area contributed by atoms with E-state index < -0.39 is 23.2 Å². The number of hydrogen-bond donors (Lipinski definition) is 2. The minimum absolute atomic E-state index is 0.0868. The molecule has 104 valence electrons. The van der Waals surface area contributed by atoms with Gasteiger partial charge in [-0.1, -0.05) is 19.8 Å². The fourth-order valence-electron chi connectivity index (χ4n) is 2.39. The van der Waals surface area contributed by atoms with Gasteiger partial charge in [0, 0.05) is 0 Å². The van der Waals surface area contributed by atoms with E-state index in [1.54, 1.807) is 20.8 Å². The molecule has 1 saturated carbocycles. The Morgan fingerprint density at radius 1 is 1.33 bits per heavy atom.